The molecule has 4 aromatic rings. The number of carbonyl (C=O) groups excluding carboxylic acids is 3. The molecule has 2 aromatic heterocycles. The topological polar surface area (TPSA) is 106 Å². The molecule has 0 bridgehead atoms. The highest BCUT2D eigenvalue weighted by Crippen LogP contribution is 2.28. The molecule has 1 fully saturated rings. The Morgan fingerprint density at radius 1 is 0.716 bits per heavy atom. The molecule has 1 amide bonds. The van der Waals surface area contributed by atoms with E-state index in [-0.39, 0.29) is 29.4 Å². The van der Waals surface area contributed by atoms with Gasteiger partial charge in [-0.05, 0) is 106 Å². The van der Waals surface area contributed by atoms with E-state index in [0.29, 0.717) is 42.1 Å². The van der Waals surface area contributed by atoms with E-state index in [1.807, 2.05) is 78.3 Å². The summed E-state index contributed by atoms with van der Waals surface area (Å²) in [6.07, 6.45) is 20.9. The summed E-state index contributed by atoms with van der Waals surface area (Å²) in [5, 5.41) is 2.96. The molecule has 6 rings (SSSR count). The molecular weight excluding hydrogens is 1030 g/mol. The number of halogens is 4. The summed E-state index contributed by atoms with van der Waals surface area (Å²) in [6.45, 7) is 31.1. The number of hydrogen-bond acceptors (Lipinski definition) is 6. The minimum atomic E-state index is -2.13. The number of Topliss-reactive ketones (excluding diaryl/α,β-unsaturated/α-hetero) is 2. The number of ketones is 2. The predicted molar refractivity (Wildman–Crippen MR) is 334 cm³/mol. The molecule has 2 aliphatic rings. The van der Waals surface area contributed by atoms with Crippen LogP contribution in [0, 0.1) is 56.1 Å². The van der Waals surface area contributed by atoms with Crippen LogP contribution in [0.5, 0.6) is 0 Å². The molecule has 1 N–H and O–H groups in total. The zero-order valence-electron chi connectivity index (χ0n) is 53.8. The van der Waals surface area contributed by atoms with Gasteiger partial charge in [0.25, 0.3) is 5.91 Å². The first-order valence-electron chi connectivity index (χ1n) is 30.7. The third kappa shape index (κ3) is 30.6. The maximum Gasteiger partial charge on any atom is 0.258 e. The van der Waals surface area contributed by atoms with Gasteiger partial charge in [0.15, 0.2) is 5.71 Å². The van der Waals surface area contributed by atoms with Gasteiger partial charge < -0.3 is 14.1 Å². The molecule has 81 heavy (non-hydrogen) atoms. The number of ether oxygens (including phenoxy) is 1. The third-order valence-electron chi connectivity index (χ3n) is 15.2. The van der Waals surface area contributed by atoms with Crippen LogP contribution >= 0.6 is 0 Å². The van der Waals surface area contributed by atoms with Gasteiger partial charge in [-0.2, -0.15) is 0 Å². The van der Waals surface area contributed by atoms with Gasteiger partial charge >= 0.3 is 0 Å². The van der Waals surface area contributed by atoms with Crippen LogP contribution in [0.3, 0.4) is 0 Å². The average molecular weight is 1140 g/mol. The first kappa shape index (κ1) is 75.8. The standard InChI is InChI=1S/C24H27N5O2.C10H18O2.C9H18F2.C9H20.C7H6F2.C5H10.C4H10/c1-14-7-8-18-20(11-14)29(5)24(26-18)27-23(30)17-12-15(2)25-19(13-17)22-16(3)28(4)10-9-21(22)31-6;1-4-8(2)10(12)7-5-6-9(3)11;1-4-6-8(9(10)11)7(3)5-2;1-4-7-8-9(5-2)6-3;1-5-2-6(8)4-7(9)3-5;1-2-4-5-3-1;1-3-4-2/h7-8,11-13H,9-10H2,1-6H3;8H,4-7H2,1-3H3;7-9H,4-6H2,1-3H3;9H,4-8H2,1-3H3;2-4H,1H3;1-5H2;3-4H2,1-2H3/p+1/t;8-;;;;;/m.1...../s1. The minimum absolute atomic E-state index is 0.162. The lowest BCUT2D eigenvalue weighted by Gasteiger charge is -2.21. The van der Waals surface area contributed by atoms with Crippen LogP contribution in [-0.2, 0) is 21.4 Å². The lowest BCUT2D eigenvalue weighted by atomic mass is 9.88. The lowest BCUT2D eigenvalue weighted by molar-refractivity contribution is -0.497. The number of aromatic nitrogens is 3. The fraction of sp³-hybridized carbons (Fsp3) is 0.647. The molecule has 3 heterocycles. The Balaban J connectivity index is 0.00000106. The molecule has 0 saturated heterocycles. The summed E-state index contributed by atoms with van der Waals surface area (Å²) >= 11 is 0. The minimum Gasteiger partial charge on any atom is -0.500 e. The summed E-state index contributed by atoms with van der Waals surface area (Å²) in [5.74, 6) is 1.56. The summed E-state index contributed by atoms with van der Waals surface area (Å²) < 4.78 is 58.8. The number of alkyl halides is 2. The highest BCUT2D eigenvalue weighted by molar-refractivity contribution is 6.21. The molecule has 1 saturated carbocycles. The Bertz CT molecular complexity index is 2410. The van der Waals surface area contributed by atoms with Crippen LogP contribution in [-0.4, -0.2) is 69.4 Å². The monoisotopic (exact) mass is 1140 g/mol. The normalized spacial score (nSPS) is 13.8. The first-order chi connectivity index (χ1) is 38.4. The van der Waals surface area contributed by atoms with Crippen molar-refractivity contribution in [1.29, 1.82) is 0 Å². The largest absolute Gasteiger partial charge is 0.500 e. The fourth-order valence-electron chi connectivity index (χ4n) is 9.05. The number of rotatable bonds is 21. The van der Waals surface area contributed by atoms with Crippen molar-refractivity contribution in [2.75, 3.05) is 26.0 Å². The number of methoxy groups -OCH3 is 1. The molecule has 13 heteroatoms. The van der Waals surface area contributed by atoms with Crippen LogP contribution in [0.25, 0.3) is 16.6 Å². The number of amides is 1. The van der Waals surface area contributed by atoms with Gasteiger partial charge in [0.05, 0.1) is 30.3 Å². The van der Waals surface area contributed by atoms with Crippen LogP contribution < -0.4 is 5.32 Å². The van der Waals surface area contributed by atoms with E-state index < -0.39 is 18.1 Å². The van der Waals surface area contributed by atoms with Crippen molar-refractivity contribution < 1.29 is 41.3 Å². The molecule has 1 aliphatic heterocycles. The van der Waals surface area contributed by atoms with E-state index in [2.05, 4.69) is 69.5 Å². The number of allylic oxidation sites excluding steroid dienone is 1. The second-order valence-electron chi connectivity index (χ2n) is 22.1. The van der Waals surface area contributed by atoms with E-state index in [1.54, 1.807) is 27.0 Å². The predicted octanol–water partition coefficient (Wildman–Crippen LogP) is 19.4. The van der Waals surface area contributed by atoms with Gasteiger partial charge in [-0.3, -0.25) is 19.9 Å². The van der Waals surface area contributed by atoms with Crippen molar-refractivity contribution in [2.45, 2.75) is 239 Å². The van der Waals surface area contributed by atoms with Gasteiger partial charge in [-0.15, -0.1) is 0 Å². The number of pyridine rings is 1. The zero-order chi connectivity index (χ0) is 61.6. The summed E-state index contributed by atoms with van der Waals surface area (Å²) in [7, 11) is 5.64. The molecule has 458 valence electrons. The summed E-state index contributed by atoms with van der Waals surface area (Å²) in [6, 6.07) is 13.1. The van der Waals surface area contributed by atoms with Gasteiger partial charge in [-0.25, -0.2) is 27.1 Å². The number of aryl methyl sites for hydroxylation is 4. The van der Waals surface area contributed by atoms with Crippen LogP contribution in [0.1, 0.15) is 244 Å². The maximum atomic E-state index is 13.1. The van der Waals surface area contributed by atoms with Crippen molar-refractivity contribution in [2.24, 2.45) is 30.7 Å². The first-order valence-corrected chi connectivity index (χ1v) is 30.7. The molecule has 9 nitrogen and oxygen atoms in total. The zero-order valence-corrected chi connectivity index (χ0v) is 53.8. The van der Waals surface area contributed by atoms with E-state index >= 15 is 0 Å². The Labute approximate surface area is 489 Å². The summed E-state index contributed by atoms with van der Waals surface area (Å²) in [5.41, 5.74) is 7.66. The molecule has 2 aromatic carbocycles. The molecule has 0 radical (unpaired) electrons. The quantitative estimate of drug-likeness (QED) is 0.0658. The molecule has 3 atom stereocenters. The van der Waals surface area contributed by atoms with Crippen LogP contribution in [0.15, 0.2) is 54.3 Å². The number of unbranched alkanes of at least 4 members (excludes halogenated alkanes) is 2. The van der Waals surface area contributed by atoms with Crippen molar-refractivity contribution in [3.05, 3.63) is 94.0 Å². The molecular formula is C68H110F4N5O4+. The van der Waals surface area contributed by atoms with Crippen molar-refractivity contribution in [1.82, 2.24) is 14.5 Å². The number of fused-ring (bicyclic) bond motifs is 1. The highest BCUT2D eigenvalue weighted by Gasteiger charge is 2.28. The Morgan fingerprint density at radius 2 is 1.31 bits per heavy atom. The average Bonchev–Trinajstić information content (AvgIpc) is 4.15. The van der Waals surface area contributed by atoms with Crippen LogP contribution in [0.4, 0.5) is 23.5 Å². The SMILES string of the molecule is C1CCCC1.CCCC.CCCC(C(F)F)C(C)CC.CCCCC(CC)CC.CC[C@@H](C)C(=O)CCCC(C)=O.COC1=C(c2cc(C(=O)Nc3nc4ccc(C)cc4n3C)cc(C)n2)C(C)=[N+](C)CC1.Cc1cc(F)cc(F)c1. The van der Waals surface area contributed by atoms with Gasteiger partial charge in [-0.1, -0.05) is 165 Å². The number of benzene rings is 2. The lowest BCUT2D eigenvalue weighted by Crippen LogP contribution is -2.25. The van der Waals surface area contributed by atoms with E-state index in [9.17, 15) is 31.9 Å². The maximum absolute atomic E-state index is 13.1. The third-order valence-corrected chi connectivity index (χ3v) is 15.2. The van der Waals surface area contributed by atoms with E-state index in [4.69, 9.17) is 9.72 Å². The Morgan fingerprint density at radius 3 is 1.78 bits per heavy atom. The van der Waals surface area contributed by atoms with Crippen molar-refractivity contribution in [3.8, 4) is 0 Å². The highest BCUT2D eigenvalue weighted by atomic mass is 19.3. The Hall–Kier alpha value is -5.20. The van der Waals surface area contributed by atoms with Crippen molar-refractivity contribution >= 4 is 45.7 Å². The molecule has 2 unspecified atom stereocenters. The van der Waals surface area contributed by atoms with Gasteiger partial charge in [0, 0.05) is 56.0 Å². The second kappa shape index (κ2) is 43.5. The number of nitrogens with zero attached hydrogens (tertiary/aromatic N) is 4. The molecule has 1 aliphatic carbocycles. The fourth-order valence-corrected chi connectivity index (χ4v) is 9.05. The number of nitrogens with one attached hydrogen (secondary N) is 1. The van der Waals surface area contributed by atoms with Crippen LogP contribution in [0.2, 0.25) is 0 Å². The second-order valence-corrected chi connectivity index (χ2v) is 22.1. The number of anilines is 1. The van der Waals surface area contributed by atoms with Gasteiger partial charge in [0.1, 0.15) is 48.1 Å². The van der Waals surface area contributed by atoms with E-state index in [1.165, 1.54) is 89.2 Å². The number of hydrogen-bond donors (Lipinski definition) is 1. The smallest absolute Gasteiger partial charge is 0.258 e. The van der Waals surface area contributed by atoms with E-state index in [0.717, 1.165) is 95.7 Å². The number of carbonyl (C=O) groups is 3. The van der Waals surface area contributed by atoms with Gasteiger partial charge in [0.2, 0.25) is 12.4 Å². The van der Waals surface area contributed by atoms with Crippen molar-refractivity contribution in [3.63, 3.8) is 0 Å². The Kier molecular flexibility index (Phi) is 40.7. The number of imidazole rings is 1. The molecule has 0 spiro atoms. The summed E-state index contributed by atoms with van der Waals surface area (Å²) in [4.78, 5) is 44.2.